The number of Topliss-reactive ketones (excluding diaryl/α,β-unsaturated/α-hetero) is 1. The van der Waals surface area contributed by atoms with Crippen LogP contribution in [-0.4, -0.2) is 68.4 Å². The highest BCUT2D eigenvalue weighted by atomic mass is 35.5. The zero-order valence-electron chi connectivity index (χ0n) is 16.3. The van der Waals surface area contributed by atoms with Gasteiger partial charge in [0.15, 0.2) is 22.9 Å². The first-order chi connectivity index (χ1) is 12.9. The van der Waals surface area contributed by atoms with Gasteiger partial charge in [0.05, 0.1) is 26.3 Å². The fraction of sp³-hybridized carbons (Fsp3) is 0.471. The zero-order valence-corrected chi connectivity index (χ0v) is 17.1. The fourth-order valence-corrected chi connectivity index (χ4v) is 3.21. The van der Waals surface area contributed by atoms with Gasteiger partial charge in [-0.2, -0.15) is 0 Å². The minimum absolute atomic E-state index is 0. The maximum atomic E-state index is 12.8. The van der Waals surface area contributed by atoms with Crippen LogP contribution in [0.2, 0.25) is 0 Å². The second-order valence-electron chi connectivity index (χ2n) is 6.38. The van der Waals surface area contributed by atoms with Crippen LogP contribution in [-0.2, 0) is 15.3 Å². The fourth-order valence-electron chi connectivity index (χ4n) is 3.21. The SMILES string of the molecule is COc1cc2c(cc1OC)C(N)(C(=O)CC(N)=O)N=C(N1CCNCC1)N2.Cl.O. The number of nitrogens with one attached hydrogen (secondary N) is 2. The van der Waals surface area contributed by atoms with Crippen molar-refractivity contribution in [1.29, 1.82) is 0 Å². The van der Waals surface area contributed by atoms with Crippen LogP contribution in [0.15, 0.2) is 17.1 Å². The Kier molecular flexibility index (Phi) is 8.21. The number of nitrogens with two attached hydrogens (primary N) is 2. The minimum atomic E-state index is -1.75. The number of halogens is 1. The van der Waals surface area contributed by atoms with Gasteiger partial charge in [-0.25, -0.2) is 4.99 Å². The number of aliphatic imine (C=N–C) groups is 1. The summed E-state index contributed by atoms with van der Waals surface area (Å²) in [6, 6.07) is 3.29. The van der Waals surface area contributed by atoms with Crippen molar-refractivity contribution in [2.75, 3.05) is 45.7 Å². The maximum Gasteiger partial charge on any atom is 0.225 e. The number of guanidine groups is 1. The summed E-state index contributed by atoms with van der Waals surface area (Å²) in [7, 11) is 3.01. The molecule has 0 radical (unpaired) electrons. The standard InChI is InChI=1S/C17H24N6O4.ClH.H2O/c1-26-12-7-10-11(8-13(12)27-2)21-16(23-5-3-20-4-6-23)22-17(10,19)14(24)9-15(18)25;;/h7-8,20H,3-6,9,19H2,1-2H3,(H2,18,25)(H,21,22);1H;1H2. The van der Waals surface area contributed by atoms with Crippen LogP contribution in [0, 0.1) is 0 Å². The molecular formula is C17H27ClN6O5. The van der Waals surface area contributed by atoms with Crippen molar-refractivity contribution in [3.63, 3.8) is 0 Å². The molecule has 29 heavy (non-hydrogen) atoms. The van der Waals surface area contributed by atoms with Gasteiger partial charge in [0.1, 0.15) is 0 Å². The average Bonchev–Trinajstić information content (AvgIpc) is 2.67. The number of fused-ring (bicyclic) bond motifs is 1. The summed E-state index contributed by atoms with van der Waals surface area (Å²) in [6.07, 6.45) is -0.511. The van der Waals surface area contributed by atoms with Gasteiger partial charge in [-0.05, 0) is 6.07 Å². The normalized spacial score (nSPS) is 20.1. The molecule has 1 fully saturated rings. The number of nitrogens with zero attached hydrogens (tertiary/aromatic N) is 2. The third kappa shape index (κ3) is 4.70. The van der Waals surface area contributed by atoms with Gasteiger partial charge in [0.2, 0.25) is 11.9 Å². The second kappa shape index (κ2) is 9.74. The summed E-state index contributed by atoms with van der Waals surface area (Å²) in [5.41, 5.74) is 10.9. The van der Waals surface area contributed by atoms with Crippen LogP contribution in [0.1, 0.15) is 12.0 Å². The van der Waals surface area contributed by atoms with Gasteiger partial charge in [-0.3, -0.25) is 15.3 Å². The van der Waals surface area contributed by atoms with Crippen molar-refractivity contribution in [3.05, 3.63) is 17.7 Å². The van der Waals surface area contributed by atoms with Crippen LogP contribution in [0.5, 0.6) is 11.5 Å². The van der Waals surface area contributed by atoms with E-state index in [2.05, 4.69) is 15.6 Å². The van der Waals surface area contributed by atoms with E-state index in [4.69, 9.17) is 20.9 Å². The van der Waals surface area contributed by atoms with E-state index >= 15 is 0 Å². The van der Waals surface area contributed by atoms with Crippen molar-refractivity contribution < 1.29 is 24.5 Å². The van der Waals surface area contributed by atoms with E-state index in [9.17, 15) is 9.59 Å². The molecule has 2 aliphatic heterocycles. The molecule has 0 aromatic heterocycles. The van der Waals surface area contributed by atoms with Gasteiger partial charge in [-0.15, -0.1) is 12.4 Å². The molecule has 12 heteroatoms. The third-order valence-electron chi connectivity index (χ3n) is 4.64. The highest BCUT2D eigenvalue weighted by molar-refractivity contribution is 6.08. The third-order valence-corrected chi connectivity index (χ3v) is 4.64. The van der Waals surface area contributed by atoms with E-state index in [1.165, 1.54) is 14.2 Å². The van der Waals surface area contributed by atoms with E-state index in [-0.39, 0.29) is 17.9 Å². The summed E-state index contributed by atoms with van der Waals surface area (Å²) >= 11 is 0. The molecule has 1 unspecified atom stereocenters. The Morgan fingerprint density at radius 1 is 1.21 bits per heavy atom. The highest BCUT2D eigenvalue weighted by Crippen LogP contribution is 2.41. The molecule has 0 bridgehead atoms. The zero-order chi connectivity index (χ0) is 19.6. The van der Waals surface area contributed by atoms with Crippen molar-refractivity contribution in [3.8, 4) is 11.5 Å². The number of piperazine rings is 1. The number of hydrogen-bond donors (Lipinski definition) is 4. The number of primary amides is 1. The molecule has 1 aromatic rings. The van der Waals surface area contributed by atoms with Gasteiger partial charge in [0.25, 0.3) is 0 Å². The van der Waals surface area contributed by atoms with Gasteiger partial charge < -0.3 is 36.2 Å². The number of carbonyl (C=O) groups excluding carboxylic acids is 2. The predicted molar refractivity (Wildman–Crippen MR) is 111 cm³/mol. The first kappa shape index (κ1) is 24.4. The number of benzene rings is 1. The molecule has 0 aliphatic carbocycles. The molecule has 8 N–H and O–H groups in total. The van der Waals surface area contributed by atoms with Gasteiger partial charge in [0, 0.05) is 37.8 Å². The molecule has 1 atom stereocenters. The number of ether oxygens (including phenoxy) is 2. The number of anilines is 1. The maximum absolute atomic E-state index is 12.8. The summed E-state index contributed by atoms with van der Waals surface area (Å²) in [6.45, 7) is 2.97. The Bertz CT molecular complexity index is 799. The monoisotopic (exact) mass is 430 g/mol. The number of amides is 1. The van der Waals surface area contributed by atoms with Gasteiger partial charge >= 0.3 is 0 Å². The van der Waals surface area contributed by atoms with E-state index in [1.54, 1.807) is 12.1 Å². The Balaban J connectivity index is 0.00000210. The molecule has 162 valence electrons. The Morgan fingerprint density at radius 3 is 2.34 bits per heavy atom. The topological polar surface area (TPSA) is 176 Å². The lowest BCUT2D eigenvalue weighted by Gasteiger charge is -2.38. The summed E-state index contributed by atoms with van der Waals surface area (Å²) in [5.74, 6) is 0.00837. The van der Waals surface area contributed by atoms with E-state index in [1.807, 2.05) is 4.90 Å². The molecule has 2 heterocycles. The van der Waals surface area contributed by atoms with E-state index < -0.39 is 23.8 Å². The lowest BCUT2D eigenvalue weighted by atomic mass is 9.90. The number of carbonyl (C=O) groups is 2. The molecule has 3 rings (SSSR count). The van der Waals surface area contributed by atoms with Crippen molar-refractivity contribution in [2.24, 2.45) is 16.5 Å². The molecular weight excluding hydrogens is 404 g/mol. The summed E-state index contributed by atoms with van der Waals surface area (Å²) < 4.78 is 10.7. The molecule has 1 aromatic carbocycles. The van der Waals surface area contributed by atoms with E-state index in [0.717, 1.165) is 13.1 Å². The van der Waals surface area contributed by atoms with Crippen molar-refractivity contribution >= 4 is 35.7 Å². The minimum Gasteiger partial charge on any atom is -0.493 e. The number of ketones is 1. The summed E-state index contributed by atoms with van der Waals surface area (Å²) in [5, 5.41) is 6.48. The van der Waals surface area contributed by atoms with Crippen LogP contribution < -0.4 is 31.6 Å². The Morgan fingerprint density at radius 2 is 1.79 bits per heavy atom. The number of hydrogen-bond acceptors (Lipinski definition) is 9. The lowest BCUT2D eigenvalue weighted by molar-refractivity contribution is -0.129. The first-order valence-corrected chi connectivity index (χ1v) is 8.58. The molecule has 1 saturated heterocycles. The smallest absolute Gasteiger partial charge is 0.225 e. The Hall–Kier alpha value is -2.60. The number of rotatable bonds is 5. The summed E-state index contributed by atoms with van der Waals surface area (Å²) in [4.78, 5) is 30.6. The highest BCUT2D eigenvalue weighted by Gasteiger charge is 2.43. The first-order valence-electron chi connectivity index (χ1n) is 8.58. The molecule has 1 amide bonds. The molecule has 0 spiro atoms. The molecule has 2 aliphatic rings. The van der Waals surface area contributed by atoms with Crippen LogP contribution in [0.25, 0.3) is 0 Å². The Labute approximate surface area is 174 Å². The average molecular weight is 431 g/mol. The lowest BCUT2D eigenvalue weighted by Crippen LogP contribution is -2.54. The van der Waals surface area contributed by atoms with Crippen LogP contribution in [0.3, 0.4) is 0 Å². The van der Waals surface area contributed by atoms with Crippen molar-refractivity contribution in [1.82, 2.24) is 10.2 Å². The van der Waals surface area contributed by atoms with E-state index in [0.29, 0.717) is 41.8 Å². The largest absolute Gasteiger partial charge is 0.493 e. The van der Waals surface area contributed by atoms with Crippen LogP contribution in [0.4, 0.5) is 5.69 Å². The quantitative estimate of drug-likeness (QED) is 0.409. The predicted octanol–water partition coefficient (Wildman–Crippen LogP) is -1.46. The van der Waals surface area contributed by atoms with Crippen molar-refractivity contribution in [2.45, 2.75) is 12.1 Å². The molecule has 11 nitrogen and oxygen atoms in total. The van der Waals surface area contributed by atoms with Crippen LogP contribution >= 0.6 is 12.4 Å². The van der Waals surface area contributed by atoms with Gasteiger partial charge in [-0.1, -0.05) is 0 Å². The molecule has 0 saturated carbocycles. The number of methoxy groups -OCH3 is 2. The second-order valence-corrected chi connectivity index (χ2v) is 6.38.